The summed E-state index contributed by atoms with van der Waals surface area (Å²) in [6.45, 7) is 0.572. The van der Waals surface area contributed by atoms with Gasteiger partial charge in [-0.1, -0.05) is 0 Å². The van der Waals surface area contributed by atoms with Crippen LogP contribution >= 0.6 is 0 Å². The second-order valence-electron chi connectivity index (χ2n) is 8.44. The highest BCUT2D eigenvalue weighted by atomic mass is 16.5. The lowest BCUT2D eigenvalue weighted by Crippen LogP contribution is -2.47. The zero-order valence-electron chi connectivity index (χ0n) is 15.3. The third kappa shape index (κ3) is 3.41. The molecule has 140 valence electrons. The van der Waals surface area contributed by atoms with Crippen molar-refractivity contribution in [3.63, 3.8) is 0 Å². The lowest BCUT2D eigenvalue weighted by molar-refractivity contribution is -0.136. The predicted molar refractivity (Wildman–Crippen MR) is 97.7 cm³/mol. The van der Waals surface area contributed by atoms with E-state index >= 15 is 0 Å². The average Bonchev–Trinajstić information content (AvgIpc) is 2.60. The fourth-order valence-electron chi connectivity index (χ4n) is 5.95. The van der Waals surface area contributed by atoms with E-state index in [4.69, 9.17) is 4.74 Å². The lowest BCUT2D eigenvalue weighted by atomic mass is 9.49. The van der Waals surface area contributed by atoms with Gasteiger partial charge in [0.2, 0.25) is 5.88 Å². The molecule has 4 fully saturated rings. The van der Waals surface area contributed by atoms with E-state index in [1.54, 1.807) is 18.3 Å². The average molecular weight is 357 g/mol. The molecule has 1 heterocycles. The molecule has 0 aromatic carbocycles. The van der Waals surface area contributed by atoms with Gasteiger partial charge in [-0.15, -0.1) is 0 Å². The largest absolute Gasteiger partial charge is 0.480 e. The molecular formula is C20H27N3O3. The Balaban J connectivity index is 1.28. The molecule has 6 nitrogen and oxygen atoms in total. The van der Waals surface area contributed by atoms with Crippen molar-refractivity contribution in [2.75, 3.05) is 19.0 Å². The standard InChI is InChI=1S/C20H27N3O3/c1-26-19-16(3-2-5-22-19)23-18(25)17(24)21-6-4-20-10-13-7-14(11-20)9-15(8-13)12-20/h2-3,5,13-15H,4,6-12H2,1H3,(H,21,24)(H,23,25). The first-order chi connectivity index (χ1) is 12.6. The number of aromatic nitrogens is 1. The Morgan fingerprint density at radius 3 is 2.42 bits per heavy atom. The smallest absolute Gasteiger partial charge is 0.313 e. The molecule has 4 aliphatic carbocycles. The van der Waals surface area contributed by atoms with Gasteiger partial charge in [-0.05, 0) is 80.2 Å². The summed E-state index contributed by atoms with van der Waals surface area (Å²) in [6.07, 6.45) is 10.8. The summed E-state index contributed by atoms with van der Waals surface area (Å²) < 4.78 is 5.09. The second kappa shape index (κ2) is 6.89. The fraction of sp³-hybridized carbons (Fsp3) is 0.650. The summed E-state index contributed by atoms with van der Waals surface area (Å²) in [5.74, 6) is 1.72. The van der Waals surface area contributed by atoms with Gasteiger partial charge in [0.15, 0.2) is 0 Å². The summed E-state index contributed by atoms with van der Waals surface area (Å²) in [6, 6.07) is 3.34. The number of nitrogens with one attached hydrogen (secondary N) is 2. The Kier molecular flexibility index (Phi) is 4.59. The summed E-state index contributed by atoms with van der Waals surface area (Å²) in [5.41, 5.74) is 0.807. The predicted octanol–water partition coefficient (Wildman–Crippen LogP) is 2.75. The van der Waals surface area contributed by atoms with E-state index in [1.807, 2.05) is 0 Å². The van der Waals surface area contributed by atoms with Crippen LogP contribution in [0, 0.1) is 23.2 Å². The molecule has 0 saturated heterocycles. The topological polar surface area (TPSA) is 80.3 Å². The van der Waals surface area contributed by atoms with Crippen molar-refractivity contribution in [2.24, 2.45) is 23.2 Å². The van der Waals surface area contributed by atoms with Crippen LogP contribution in [0.15, 0.2) is 18.3 Å². The number of nitrogens with zero attached hydrogens (tertiary/aromatic N) is 1. The number of ether oxygens (including phenoxy) is 1. The minimum atomic E-state index is -0.679. The summed E-state index contributed by atoms with van der Waals surface area (Å²) >= 11 is 0. The molecule has 4 saturated carbocycles. The Bertz CT molecular complexity index is 668. The zero-order valence-corrected chi connectivity index (χ0v) is 15.3. The van der Waals surface area contributed by atoms with E-state index in [2.05, 4.69) is 15.6 Å². The van der Waals surface area contributed by atoms with Gasteiger partial charge >= 0.3 is 11.8 Å². The lowest BCUT2D eigenvalue weighted by Gasteiger charge is -2.57. The molecule has 0 radical (unpaired) electrons. The SMILES string of the molecule is COc1ncccc1NC(=O)C(=O)NCCC12CC3CC(CC(C3)C1)C2. The first-order valence-corrected chi connectivity index (χ1v) is 9.65. The molecule has 1 aromatic rings. The maximum absolute atomic E-state index is 12.1. The molecule has 6 heteroatoms. The van der Waals surface area contributed by atoms with E-state index in [-0.39, 0.29) is 0 Å². The van der Waals surface area contributed by atoms with Gasteiger partial charge in [0.25, 0.3) is 0 Å². The quantitative estimate of drug-likeness (QED) is 0.794. The molecule has 2 N–H and O–H groups in total. The van der Waals surface area contributed by atoms with Crippen molar-refractivity contribution in [1.29, 1.82) is 0 Å². The number of amides is 2. The molecule has 4 bridgehead atoms. The van der Waals surface area contributed by atoms with Crippen LogP contribution in [0.3, 0.4) is 0 Å². The molecule has 26 heavy (non-hydrogen) atoms. The molecule has 0 aliphatic heterocycles. The molecule has 5 rings (SSSR count). The highest BCUT2D eigenvalue weighted by Crippen LogP contribution is 2.61. The van der Waals surface area contributed by atoms with Crippen molar-refractivity contribution >= 4 is 17.5 Å². The molecule has 4 aliphatic rings. The van der Waals surface area contributed by atoms with Crippen LogP contribution in [0.1, 0.15) is 44.9 Å². The molecule has 0 unspecified atom stereocenters. The highest BCUT2D eigenvalue weighted by Gasteiger charge is 2.50. The van der Waals surface area contributed by atoms with E-state index in [1.165, 1.54) is 45.6 Å². The number of carbonyl (C=O) groups is 2. The van der Waals surface area contributed by atoms with Crippen molar-refractivity contribution in [3.8, 4) is 5.88 Å². The Morgan fingerprint density at radius 1 is 1.15 bits per heavy atom. The number of carbonyl (C=O) groups excluding carboxylic acids is 2. The summed E-state index contributed by atoms with van der Waals surface area (Å²) in [7, 11) is 1.48. The second-order valence-corrected chi connectivity index (χ2v) is 8.44. The van der Waals surface area contributed by atoms with Crippen molar-refractivity contribution in [3.05, 3.63) is 18.3 Å². The van der Waals surface area contributed by atoms with Crippen LogP contribution in [0.5, 0.6) is 5.88 Å². The monoisotopic (exact) mass is 357 g/mol. The summed E-state index contributed by atoms with van der Waals surface area (Å²) in [4.78, 5) is 28.3. The number of methoxy groups -OCH3 is 1. The number of rotatable bonds is 5. The highest BCUT2D eigenvalue weighted by molar-refractivity contribution is 6.39. The van der Waals surface area contributed by atoms with E-state index < -0.39 is 11.8 Å². The number of hydrogen-bond donors (Lipinski definition) is 2. The minimum absolute atomic E-state index is 0.294. The van der Waals surface area contributed by atoms with Gasteiger partial charge in [-0.25, -0.2) is 4.98 Å². The maximum atomic E-state index is 12.1. The van der Waals surface area contributed by atoms with Crippen molar-refractivity contribution < 1.29 is 14.3 Å². The van der Waals surface area contributed by atoms with Crippen LogP contribution in [0.4, 0.5) is 5.69 Å². The Hall–Kier alpha value is -2.11. The fourth-order valence-corrected chi connectivity index (χ4v) is 5.95. The maximum Gasteiger partial charge on any atom is 0.313 e. The van der Waals surface area contributed by atoms with E-state index in [9.17, 15) is 9.59 Å². The van der Waals surface area contributed by atoms with Crippen LogP contribution in [0.25, 0.3) is 0 Å². The molecule has 2 amide bonds. The Labute approximate surface area is 154 Å². The first-order valence-electron chi connectivity index (χ1n) is 9.65. The van der Waals surface area contributed by atoms with E-state index in [0.717, 1.165) is 24.2 Å². The zero-order chi connectivity index (χ0) is 18.1. The Morgan fingerprint density at radius 2 is 1.81 bits per heavy atom. The number of hydrogen-bond acceptors (Lipinski definition) is 4. The van der Waals surface area contributed by atoms with E-state index in [0.29, 0.717) is 23.5 Å². The third-order valence-electron chi connectivity index (χ3n) is 6.52. The van der Waals surface area contributed by atoms with Crippen LogP contribution in [-0.2, 0) is 9.59 Å². The van der Waals surface area contributed by atoms with Gasteiger partial charge in [0, 0.05) is 12.7 Å². The third-order valence-corrected chi connectivity index (χ3v) is 6.52. The van der Waals surface area contributed by atoms with Gasteiger partial charge in [0.05, 0.1) is 7.11 Å². The molecule has 1 aromatic heterocycles. The number of pyridine rings is 1. The van der Waals surface area contributed by atoms with Crippen LogP contribution < -0.4 is 15.4 Å². The van der Waals surface area contributed by atoms with Crippen molar-refractivity contribution in [1.82, 2.24) is 10.3 Å². The number of anilines is 1. The summed E-state index contributed by atoms with van der Waals surface area (Å²) in [5, 5.41) is 5.37. The molecule has 0 atom stereocenters. The minimum Gasteiger partial charge on any atom is -0.480 e. The van der Waals surface area contributed by atoms with Crippen molar-refractivity contribution in [2.45, 2.75) is 44.9 Å². The van der Waals surface area contributed by atoms with Gasteiger partial charge in [-0.3, -0.25) is 9.59 Å². The molecule has 0 spiro atoms. The van der Waals surface area contributed by atoms with Gasteiger partial charge < -0.3 is 15.4 Å². The van der Waals surface area contributed by atoms with Crippen LogP contribution in [-0.4, -0.2) is 30.5 Å². The normalized spacial score (nSPS) is 31.5. The molecular weight excluding hydrogens is 330 g/mol. The van der Waals surface area contributed by atoms with Gasteiger partial charge in [-0.2, -0.15) is 0 Å². The van der Waals surface area contributed by atoms with Crippen LogP contribution in [0.2, 0.25) is 0 Å². The first kappa shape index (κ1) is 17.3. The van der Waals surface area contributed by atoms with Gasteiger partial charge in [0.1, 0.15) is 5.69 Å².